The van der Waals surface area contributed by atoms with E-state index in [1.54, 1.807) is 5.38 Å². The second-order valence-electron chi connectivity index (χ2n) is 5.71. The van der Waals surface area contributed by atoms with Gasteiger partial charge in [0.25, 0.3) is 5.91 Å². The number of fused-ring (bicyclic) bond motifs is 1. The minimum absolute atomic E-state index is 0.180. The average Bonchev–Trinajstić information content (AvgIpc) is 3.12. The summed E-state index contributed by atoms with van der Waals surface area (Å²) in [4.78, 5) is 23.7. The zero-order chi connectivity index (χ0) is 18.2. The molecule has 1 aliphatic carbocycles. The van der Waals surface area contributed by atoms with Gasteiger partial charge in [-0.3, -0.25) is 14.3 Å². The number of halogens is 3. The molecule has 0 aliphatic heterocycles. The molecule has 0 aromatic carbocycles. The highest BCUT2D eigenvalue weighted by Crippen LogP contribution is 2.35. The number of nitrogens with zero attached hydrogens (tertiary/aromatic N) is 2. The lowest BCUT2D eigenvalue weighted by atomic mass is 9.95. The smallest absolute Gasteiger partial charge is 0.365 e. The third kappa shape index (κ3) is 3.53. The predicted molar refractivity (Wildman–Crippen MR) is 85.3 cm³/mol. The lowest BCUT2D eigenvalue weighted by Crippen LogP contribution is -2.23. The van der Waals surface area contributed by atoms with E-state index in [-0.39, 0.29) is 22.7 Å². The first-order valence-corrected chi connectivity index (χ1v) is 8.48. The molecular formula is C15H15F3N4O2S. The Kier molecular flexibility index (Phi) is 4.55. The Balaban J connectivity index is 1.83. The largest absolute Gasteiger partial charge is 0.435 e. The van der Waals surface area contributed by atoms with Gasteiger partial charge in [-0.25, -0.2) is 0 Å². The van der Waals surface area contributed by atoms with Gasteiger partial charge in [-0.2, -0.15) is 18.3 Å². The topological polar surface area (TPSA) is 90.0 Å². The quantitative estimate of drug-likeness (QED) is 0.864. The Hall–Kier alpha value is -2.36. The maximum atomic E-state index is 13.1. The molecule has 1 aliphatic rings. The van der Waals surface area contributed by atoms with Crippen molar-refractivity contribution in [1.82, 2.24) is 9.78 Å². The zero-order valence-corrected chi connectivity index (χ0v) is 13.8. The van der Waals surface area contributed by atoms with Crippen molar-refractivity contribution in [3.63, 3.8) is 0 Å². The summed E-state index contributed by atoms with van der Waals surface area (Å²) in [7, 11) is 0. The molecule has 0 radical (unpaired) electrons. The summed E-state index contributed by atoms with van der Waals surface area (Å²) in [6.45, 7) is -0.355. The first-order valence-electron chi connectivity index (χ1n) is 7.60. The predicted octanol–water partition coefficient (Wildman–Crippen LogP) is 2.58. The van der Waals surface area contributed by atoms with E-state index in [9.17, 15) is 22.8 Å². The van der Waals surface area contributed by atoms with Crippen molar-refractivity contribution in [1.29, 1.82) is 0 Å². The van der Waals surface area contributed by atoms with Crippen LogP contribution in [0.5, 0.6) is 0 Å². The van der Waals surface area contributed by atoms with Crippen LogP contribution in [0.15, 0.2) is 11.4 Å². The molecular weight excluding hydrogens is 357 g/mol. The molecule has 2 amide bonds. The number of carbonyl (C=O) groups excluding carboxylic acids is 2. The Morgan fingerprint density at radius 2 is 2.04 bits per heavy atom. The van der Waals surface area contributed by atoms with E-state index in [0.29, 0.717) is 25.0 Å². The van der Waals surface area contributed by atoms with Crippen LogP contribution < -0.4 is 11.1 Å². The van der Waals surface area contributed by atoms with Gasteiger partial charge >= 0.3 is 6.18 Å². The van der Waals surface area contributed by atoms with Crippen LogP contribution in [0.25, 0.3) is 0 Å². The van der Waals surface area contributed by atoms with Crippen LogP contribution in [-0.4, -0.2) is 21.6 Å². The summed E-state index contributed by atoms with van der Waals surface area (Å²) in [5.41, 5.74) is 5.18. The van der Waals surface area contributed by atoms with Crippen LogP contribution >= 0.6 is 11.3 Å². The fourth-order valence-corrected chi connectivity index (χ4v) is 3.66. The lowest BCUT2D eigenvalue weighted by molar-refractivity contribution is -0.142. The Bertz CT molecular complexity index is 825. The van der Waals surface area contributed by atoms with Gasteiger partial charge < -0.3 is 11.1 Å². The fraction of sp³-hybridized carbons (Fsp3) is 0.400. The molecule has 0 bridgehead atoms. The number of carbonyl (C=O) groups is 2. The Morgan fingerprint density at radius 1 is 1.32 bits per heavy atom. The van der Waals surface area contributed by atoms with Crippen LogP contribution in [0.1, 0.15) is 39.5 Å². The molecule has 0 fully saturated rings. The van der Waals surface area contributed by atoms with Crippen molar-refractivity contribution in [3.8, 4) is 0 Å². The van der Waals surface area contributed by atoms with Gasteiger partial charge in [0, 0.05) is 11.3 Å². The molecule has 2 aromatic heterocycles. The lowest BCUT2D eigenvalue weighted by Gasteiger charge is -2.14. The summed E-state index contributed by atoms with van der Waals surface area (Å²) in [5, 5.41) is 7.73. The first-order chi connectivity index (χ1) is 11.8. The maximum absolute atomic E-state index is 13.1. The number of thiophene rings is 1. The molecule has 3 rings (SSSR count). The van der Waals surface area contributed by atoms with E-state index < -0.39 is 23.7 Å². The van der Waals surface area contributed by atoms with Gasteiger partial charge in [0.2, 0.25) is 5.91 Å². The molecule has 0 atom stereocenters. The molecule has 6 nitrogen and oxygen atoms in total. The minimum atomic E-state index is -4.55. The molecule has 10 heteroatoms. The molecule has 2 aromatic rings. The number of nitrogens with two attached hydrogens (primary N) is 1. The van der Waals surface area contributed by atoms with E-state index in [0.717, 1.165) is 22.4 Å². The SMILES string of the molecule is NC(=O)c1sccc1NC(=O)Cn1nc(C(F)(F)F)c2c1CCCC2. The maximum Gasteiger partial charge on any atom is 0.435 e. The van der Waals surface area contributed by atoms with Crippen LogP contribution in [-0.2, 0) is 30.4 Å². The molecule has 3 N–H and O–H groups in total. The van der Waals surface area contributed by atoms with Crippen molar-refractivity contribution in [3.05, 3.63) is 33.3 Å². The van der Waals surface area contributed by atoms with Crippen molar-refractivity contribution in [2.24, 2.45) is 5.73 Å². The highest BCUT2D eigenvalue weighted by molar-refractivity contribution is 7.12. The van der Waals surface area contributed by atoms with E-state index in [1.807, 2.05) is 0 Å². The van der Waals surface area contributed by atoms with Gasteiger partial charge in [0.15, 0.2) is 5.69 Å². The van der Waals surface area contributed by atoms with Crippen molar-refractivity contribution < 1.29 is 22.8 Å². The zero-order valence-electron chi connectivity index (χ0n) is 13.0. The second kappa shape index (κ2) is 6.51. The van der Waals surface area contributed by atoms with E-state index in [1.165, 1.54) is 6.07 Å². The number of nitrogens with one attached hydrogen (secondary N) is 1. The molecule has 2 heterocycles. The molecule has 134 valence electrons. The van der Waals surface area contributed by atoms with Gasteiger partial charge in [0.05, 0.1) is 5.69 Å². The van der Waals surface area contributed by atoms with Crippen molar-refractivity contribution >= 4 is 28.8 Å². The summed E-state index contributed by atoms with van der Waals surface area (Å²) in [5.74, 6) is -1.24. The average molecular weight is 372 g/mol. The van der Waals surface area contributed by atoms with E-state index in [4.69, 9.17) is 5.73 Å². The fourth-order valence-electron chi connectivity index (χ4n) is 2.95. The molecule has 0 unspecified atom stereocenters. The number of alkyl halides is 3. The monoisotopic (exact) mass is 372 g/mol. The van der Waals surface area contributed by atoms with Gasteiger partial charge in [-0.1, -0.05) is 0 Å². The normalized spacial score (nSPS) is 14.2. The van der Waals surface area contributed by atoms with Crippen LogP contribution in [0, 0.1) is 0 Å². The van der Waals surface area contributed by atoms with Gasteiger partial charge in [-0.05, 0) is 37.1 Å². The van der Waals surface area contributed by atoms with E-state index >= 15 is 0 Å². The Morgan fingerprint density at radius 3 is 2.72 bits per heavy atom. The van der Waals surface area contributed by atoms with Crippen LogP contribution in [0.3, 0.4) is 0 Å². The third-order valence-electron chi connectivity index (χ3n) is 3.98. The summed E-state index contributed by atoms with van der Waals surface area (Å²) in [6.07, 6.45) is -2.35. The minimum Gasteiger partial charge on any atom is -0.365 e. The molecule has 0 saturated carbocycles. The summed E-state index contributed by atoms with van der Waals surface area (Å²) in [6, 6.07) is 1.52. The number of rotatable bonds is 4. The standard InChI is InChI=1S/C15H15F3N4O2S/c16-15(17,18)13-8-3-1-2-4-10(8)22(21-13)7-11(23)20-9-5-6-25-12(9)14(19)24/h5-6H,1-4,7H2,(H2,19,24)(H,20,23). The Labute approximate surface area is 144 Å². The number of aromatic nitrogens is 2. The van der Waals surface area contributed by atoms with Crippen LogP contribution in [0.2, 0.25) is 0 Å². The highest BCUT2D eigenvalue weighted by atomic mass is 32.1. The first kappa shape index (κ1) is 17.5. The van der Waals surface area contributed by atoms with Crippen molar-refractivity contribution in [2.45, 2.75) is 38.4 Å². The third-order valence-corrected chi connectivity index (χ3v) is 4.91. The summed E-state index contributed by atoms with van der Waals surface area (Å²) < 4.78 is 40.6. The van der Waals surface area contributed by atoms with E-state index in [2.05, 4.69) is 10.4 Å². The highest BCUT2D eigenvalue weighted by Gasteiger charge is 2.39. The molecule has 25 heavy (non-hydrogen) atoms. The molecule has 0 saturated heterocycles. The number of hydrogen-bond donors (Lipinski definition) is 2. The number of hydrogen-bond acceptors (Lipinski definition) is 4. The number of anilines is 1. The van der Waals surface area contributed by atoms with Crippen molar-refractivity contribution in [2.75, 3.05) is 5.32 Å². The van der Waals surface area contributed by atoms with Crippen LogP contribution in [0.4, 0.5) is 18.9 Å². The molecule has 0 spiro atoms. The van der Waals surface area contributed by atoms with Gasteiger partial charge in [-0.15, -0.1) is 11.3 Å². The second-order valence-corrected chi connectivity index (χ2v) is 6.63. The van der Waals surface area contributed by atoms with Gasteiger partial charge in [0.1, 0.15) is 11.4 Å². The number of primary amides is 1. The summed E-state index contributed by atoms with van der Waals surface area (Å²) >= 11 is 1.08. The number of amides is 2.